The molecule has 0 saturated heterocycles. The highest BCUT2D eigenvalue weighted by molar-refractivity contribution is 6.34. The van der Waals surface area contributed by atoms with Gasteiger partial charge < -0.3 is 5.11 Å². The van der Waals surface area contributed by atoms with E-state index < -0.39 is 11.9 Å². The van der Waals surface area contributed by atoms with E-state index in [2.05, 4.69) is 4.98 Å². The number of rotatable bonds is 3. The van der Waals surface area contributed by atoms with Gasteiger partial charge in [-0.15, -0.1) is 0 Å². The summed E-state index contributed by atoms with van der Waals surface area (Å²) in [7, 11) is 0. The lowest BCUT2D eigenvalue weighted by Gasteiger charge is -2.12. The summed E-state index contributed by atoms with van der Waals surface area (Å²) in [4.78, 5) is 3.96. The topological polar surface area (TPSA) is 33.1 Å². The van der Waals surface area contributed by atoms with E-state index in [1.165, 1.54) is 30.5 Å². The number of benzene rings is 1. The van der Waals surface area contributed by atoms with Crippen molar-refractivity contribution in [2.45, 2.75) is 12.5 Å². The number of pyridine rings is 1. The van der Waals surface area contributed by atoms with Crippen LogP contribution in [-0.2, 0) is 6.42 Å². The monoisotopic (exact) mass is 319 g/mol. The zero-order chi connectivity index (χ0) is 14.0. The molecule has 2 rings (SSSR count). The molecule has 0 radical (unpaired) electrons. The summed E-state index contributed by atoms with van der Waals surface area (Å²) in [5.74, 6) is -0.437. The van der Waals surface area contributed by atoms with Gasteiger partial charge in [0.1, 0.15) is 11.9 Å². The molecule has 1 atom stereocenters. The quantitative estimate of drug-likeness (QED) is 0.906. The third-order valence-electron chi connectivity index (χ3n) is 2.57. The van der Waals surface area contributed by atoms with Crippen molar-refractivity contribution in [3.05, 3.63) is 62.6 Å². The fraction of sp³-hybridized carbons (Fsp3) is 0.154. The Morgan fingerprint density at radius 1 is 1.16 bits per heavy atom. The molecule has 1 N–H and O–H groups in total. The van der Waals surface area contributed by atoms with Gasteiger partial charge in [-0.3, -0.25) is 4.98 Å². The minimum absolute atomic E-state index is 0.0285. The van der Waals surface area contributed by atoms with Crippen molar-refractivity contribution < 1.29 is 9.50 Å². The van der Waals surface area contributed by atoms with Crippen LogP contribution in [0.4, 0.5) is 4.39 Å². The van der Waals surface area contributed by atoms with E-state index in [4.69, 9.17) is 34.8 Å². The molecule has 100 valence electrons. The number of aromatic nitrogens is 1. The normalized spacial score (nSPS) is 12.5. The highest BCUT2D eigenvalue weighted by atomic mass is 35.5. The van der Waals surface area contributed by atoms with Crippen LogP contribution in [0.15, 0.2) is 30.5 Å². The first-order valence-electron chi connectivity index (χ1n) is 5.40. The largest absolute Gasteiger partial charge is 0.386 e. The maximum absolute atomic E-state index is 13.6. The third kappa shape index (κ3) is 3.57. The van der Waals surface area contributed by atoms with E-state index in [9.17, 15) is 9.50 Å². The lowest BCUT2D eigenvalue weighted by molar-refractivity contribution is 0.172. The summed E-state index contributed by atoms with van der Waals surface area (Å²) in [6.45, 7) is 0. The molecule has 0 saturated carbocycles. The highest BCUT2D eigenvalue weighted by Gasteiger charge is 2.16. The molecule has 2 aromatic rings. The Morgan fingerprint density at radius 2 is 1.89 bits per heavy atom. The Kier molecular flexibility index (Phi) is 4.63. The van der Waals surface area contributed by atoms with Gasteiger partial charge in [-0.2, -0.15) is 0 Å². The van der Waals surface area contributed by atoms with Crippen molar-refractivity contribution in [2.75, 3.05) is 0 Å². The van der Waals surface area contributed by atoms with Gasteiger partial charge >= 0.3 is 0 Å². The molecule has 0 aliphatic rings. The summed E-state index contributed by atoms with van der Waals surface area (Å²) in [5.41, 5.74) is 0.554. The molecule has 0 amide bonds. The molecule has 19 heavy (non-hydrogen) atoms. The molecule has 1 heterocycles. The van der Waals surface area contributed by atoms with E-state index in [-0.39, 0.29) is 17.1 Å². The SMILES string of the molecule is OC(Cc1cc(Cl)ccc1F)c1ncc(Cl)cc1Cl. The molecule has 1 aromatic heterocycles. The molecule has 0 aliphatic carbocycles. The maximum atomic E-state index is 13.6. The summed E-state index contributed by atoms with van der Waals surface area (Å²) in [6, 6.07) is 5.63. The zero-order valence-electron chi connectivity index (χ0n) is 9.58. The van der Waals surface area contributed by atoms with E-state index in [0.29, 0.717) is 15.6 Å². The number of halogens is 4. The third-order valence-corrected chi connectivity index (χ3v) is 3.32. The molecule has 0 fully saturated rings. The van der Waals surface area contributed by atoms with Crippen LogP contribution in [-0.4, -0.2) is 10.1 Å². The van der Waals surface area contributed by atoms with Crippen LogP contribution in [0.2, 0.25) is 15.1 Å². The number of nitrogens with zero attached hydrogens (tertiary/aromatic N) is 1. The second-order valence-corrected chi connectivity index (χ2v) is 5.26. The van der Waals surface area contributed by atoms with Crippen LogP contribution < -0.4 is 0 Å². The van der Waals surface area contributed by atoms with Crippen LogP contribution in [0.5, 0.6) is 0 Å². The Balaban J connectivity index is 2.25. The van der Waals surface area contributed by atoms with Crippen LogP contribution in [0.3, 0.4) is 0 Å². The Bertz CT molecular complexity index is 606. The van der Waals surface area contributed by atoms with Gasteiger partial charge in [-0.25, -0.2) is 4.39 Å². The van der Waals surface area contributed by atoms with E-state index in [1.54, 1.807) is 0 Å². The summed E-state index contributed by atoms with van der Waals surface area (Å²) >= 11 is 17.4. The Labute approximate surface area is 124 Å². The smallest absolute Gasteiger partial charge is 0.126 e. The standard InChI is InChI=1S/C13H9Cl3FNO/c14-8-1-2-11(17)7(3-8)4-12(19)13-10(16)5-9(15)6-18-13/h1-3,5-6,12,19H,4H2. The second-order valence-electron chi connectivity index (χ2n) is 3.98. The van der Waals surface area contributed by atoms with Crippen molar-refractivity contribution in [1.82, 2.24) is 4.98 Å². The summed E-state index contributed by atoms with van der Waals surface area (Å²) < 4.78 is 13.6. The van der Waals surface area contributed by atoms with Gasteiger partial charge in [0, 0.05) is 17.6 Å². The molecule has 6 heteroatoms. The van der Waals surface area contributed by atoms with Gasteiger partial charge in [-0.1, -0.05) is 34.8 Å². The fourth-order valence-corrected chi connectivity index (χ4v) is 2.38. The molecule has 2 nitrogen and oxygen atoms in total. The predicted molar refractivity (Wildman–Crippen MR) is 74.3 cm³/mol. The first-order chi connectivity index (χ1) is 8.97. The van der Waals surface area contributed by atoms with E-state index in [0.717, 1.165) is 0 Å². The van der Waals surface area contributed by atoms with Crippen LogP contribution in [0.25, 0.3) is 0 Å². The zero-order valence-corrected chi connectivity index (χ0v) is 11.8. The first-order valence-corrected chi connectivity index (χ1v) is 6.53. The number of hydrogen-bond donors (Lipinski definition) is 1. The van der Waals surface area contributed by atoms with Gasteiger partial charge in [0.05, 0.1) is 15.7 Å². The minimum atomic E-state index is -1.03. The lowest BCUT2D eigenvalue weighted by Crippen LogP contribution is -2.06. The van der Waals surface area contributed by atoms with Crippen molar-refractivity contribution >= 4 is 34.8 Å². The molecule has 0 spiro atoms. The molecular weight excluding hydrogens is 312 g/mol. The van der Waals surface area contributed by atoms with Crippen molar-refractivity contribution in [1.29, 1.82) is 0 Å². The van der Waals surface area contributed by atoms with E-state index >= 15 is 0 Å². The lowest BCUT2D eigenvalue weighted by atomic mass is 10.0. The number of hydrogen-bond acceptors (Lipinski definition) is 2. The highest BCUT2D eigenvalue weighted by Crippen LogP contribution is 2.27. The summed E-state index contributed by atoms with van der Waals surface area (Å²) in [5, 5.41) is 11.1. The molecule has 0 aliphatic heterocycles. The van der Waals surface area contributed by atoms with Crippen molar-refractivity contribution in [3.63, 3.8) is 0 Å². The van der Waals surface area contributed by atoms with Crippen molar-refractivity contribution in [2.24, 2.45) is 0 Å². The number of aliphatic hydroxyl groups excluding tert-OH is 1. The molecular formula is C13H9Cl3FNO. The van der Waals surface area contributed by atoms with Gasteiger partial charge in [0.25, 0.3) is 0 Å². The number of aliphatic hydroxyl groups is 1. The maximum Gasteiger partial charge on any atom is 0.126 e. The second kappa shape index (κ2) is 6.06. The van der Waals surface area contributed by atoms with Gasteiger partial charge in [0.2, 0.25) is 0 Å². The minimum Gasteiger partial charge on any atom is -0.386 e. The van der Waals surface area contributed by atoms with Crippen LogP contribution >= 0.6 is 34.8 Å². The average Bonchev–Trinajstić information content (AvgIpc) is 2.33. The van der Waals surface area contributed by atoms with E-state index in [1.807, 2.05) is 0 Å². The van der Waals surface area contributed by atoms with Crippen molar-refractivity contribution in [3.8, 4) is 0 Å². The molecule has 0 bridgehead atoms. The molecule has 1 unspecified atom stereocenters. The first kappa shape index (κ1) is 14.5. The predicted octanol–water partition coefficient (Wildman–Crippen LogP) is 4.46. The molecule has 1 aromatic carbocycles. The summed E-state index contributed by atoms with van der Waals surface area (Å²) in [6.07, 6.45) is 0.374. The average molecular weight is 321 g/mol. The Morgan fingerprint density at radius 3 is 2.58 bits per heavy atom. The van der Waals surface area contributed by atoms with Crippen LogP contribution in [0.1, 0.15) is 17.4 Å². The van der Waals surface area contributed by atoms with Gasteiger partial charge in [0.15, 0.2) is 0 Å². The Hall–Kier alpha value is -0.870. The van der Waals surface area contributed by atoms with Crippen LogP contribution in [0, 0.1) is 5.82 Å². The fourth-order valence-electron chi connectivity index (χ4n) is 1.68. The van der Waals surface area contributed by atoms with Gasteiger partial charge in [-0.05, 0) is 29.8 Å².